The van der Waals surface area contributed by atoms with Crippen molar-refractivity contribution in [2.75, 3.05) is 5.32 Å². The molecule has 0 spiro atoms. The molecule has 0 unspecified atom stereocenters. The molecule has 0 radical (unpaired) electrons. The zero-order valence-electron chi connectivity index (χ0n) is 18.7. The summed E-state index contributed by atoms with van der Waals surface area (Å²) in [5, 5.41) is 13.3. The fourth-order valence-corrected chi connectivity index (χ4v) is 6.57. The van der Waals surface area contributed by atoms with Crippen LogP contribution in [0.15, 0.2) is 65.6 Å². The van der Waals surface area contributed by atoms with E-state index in [0.29, 0.717) is 16.5 Å². The summed E-state index contributed by atoms with van der Waals surface area (Å²) in [4.78, 5) is 15.8. The van der Waals surface area contributed by atoms with Crippen molar-refractivity contribution < 1.29 is 4.79 Å². The van der Waals surface area contributed by atoms with E-state index in [-0.39, 0.29) is 11.3 Å². The van der Waals surface area contributed by atoms with E-state index in [1.807, 2.05) is 60.7 Å². The molecule has 164 valence electrons. The molecule has 0 saturated heterocycles. The Kier molecular flexibility index (Phi) is 6.74. The number of hydrogen-bond donors (Lipinski definition) is 1. The van der Waals surface area contributed by atoms with Crippen molar-refractivity contribution in [3.05, 3.63) is 82.2 Å². The first-order valence-corrected chi connectivity index (χ1v) is 12.7. The van der Waals surface area contributed by atoms with Crippen LogP contribution in [0.1, 0.15) is 54.0 Å². The fraction of sp³-hybridized carbons (Fsp3) is 0.333. The first kappa shape index (κ1) is 22.6. The van der Waals surface area contributed by atoms with E-state index in [1.54, 1.807) is 11.3 Å². The topological polar surface area (TPSA) is 52.9 Å². The van der Waals surface area contributed by atoms with Gasteiger partial charge in [0.2, 0.25) is 5.91 Å². The maximum Gasteiger partial charge on any atom is 0.243 e. The quantitative estimate of drug-likeness (QED) is 0.408. The Bertz CT molecular complexity index is 1120. The molecule has 0 fully saturated rings. The van der Waals surface area contributed by atoms with E-state index >= 15 is 0 Å². The van der Waals surface area contributed by atoms with Gasteiger partial charge in [0.05, 0.1) is 5.56 Å². The highest BCUT2D eigenvalue weighted by Gasteiger charge is 2.33. The maximum atomic E-state index is 13.5. The lowest BCUT2D eigenvalue weighted by Crippen LogP contribution is -2.26. The fourth-order valence-electron chi connectivity index (χ4n) is 4.24. The highest BCUT2D eigenvalue weighted by atomic mass is 32.2. The van der Waals surface area contributed by atoms with Gasteiger partial charge in [-0.2, -0.15) is 5.26 Å². The maximum absolute atomic E-state index is 13.5. The van der Waals surface area contributed by atoms with Crippen LogP contribution in [-0.2, 0) is 17.6 Å². The van der Waals surface area contributed by atoms with Crippen LogP contribution in [0.5, 0.6) is 0 Å². The van der Waals surface area contributed by atoms with Gasteiger partial charge < -0.3 is 5.32 Å². The van der Waals surface area contributed by atoms with Crippen molar-refractivity contribution in [1.29, 1.82) is 5.26 Å². The smallest absolute Gasteiger partial charge is 0.243 e. The Morgan fingerprint density at radius 1 is 1.12 bits per heavy atom. The molecule has 1 amide bonds. The van der Waals surface area contributed by atoms with Crippen LogP contribution in [0.2, 0.25) is 0 Å². The second-order valence-electron chi connectivity index (χ2n) is 9.34. The number of carbonyl (C=O) groups is 1. The average Bonchev–Trinajstić information content (AvgIpc) is 3.14. The lowest BCUT2D eigenvalue weighted by atomic mass is 9.72. The van der Waals surface area contributed by atoms with Crippen molar-refractivity contribution in [2.45, 2.75) is 50.2 Å². The lowest BCUT2D eigenvalue weighted by molar-refractivity contribution is -0.115. The molecule has 5 heteroatoms. The summed E-state index contributed by atoms with van der Waals surface area (Å²) >= 11 is 3.12. The molecule has 1 N–H and O–H groups in total. The van der Waals surface area contributed by atoms with Gasteiger partial charge >= 0.3 is 0 Å². The van der Waals surface area contributed by atoms with Crippen molar-refractivity contribution in [1.82, 2.24) is 0 Å². The van der Waals surface area contributed by atoms with Crippen LogP contribution in [-0.4, -0.2) is 5.91 Å². The highest BCUT2D eigenvalue weighted by Crippen LogP contribution is 2.45. The van der Waals surface area contributed by atoms with Crippen molar-refractivity contribution in [2.24, 2.45) is 11.3 Å². The monoisotopic (exact) mass is 460 g/mol. The minimum atomic E-state index is -0.397. The predicted octanol–water partition coefficient (Wildman–Crippen LogP) is 7.24. The Morgan fingerprint density at radius 3 is 2.41 bits per heavy atom. The molecule has 1 aliphatic rings. The predicted molar refractivity (Wildman–Crippen MR) is 134 cm³/mol. The van der Waals surface area contributed by atoms with E-state index in [4.69, 9.17) is 0 Å². The zero-order valence-corrected chi connectivity index (χ0v) is 20.4. The second-order valence-corrected chi connectivity index (χ2v) is 11.6. The summed E-state index contributed by atoms with van der Waals surface area (Å²) in [6.07, 6.45) is 2.98. The summed E-state index contributed by atoms with van der Waals surface area (Å²) in [6, 6.07) is 22.2. The minimum Gasteiger partial charge on any atom is -0.315 e. The lowest BCUT2D eigenvalue weighted by Gasteiger charge is -2.33. The van der Waals surface area contributed by atoms with Crippen LogP contribution < -0.4 is 5.32 Å². The van der Waals surface area contributed by atoms with Gasteiger partial charge in [0.1, 0.15) is 16.3 Å². The van der Waals surface area contributed by atoms with Crippen LogP contribution >= 0.6 is 23.1 Å². The Morgan fingerprint density at radius 2 is 1.78 bits per heavy atom. The number of nitrogens with zero attached hydrogens (tertiary/aromatic N) is 1. The number of nitrogens with one attached hydrogen (secondary N) is 1. The SMILES string of the molecule is CC(C)(C)[C@@H]1CCc2c(sc(NC(=O)[C@H](Sc3ccccc3)c3ccccc3)c2C#N)C1. The van der Waals surface area contributed by atoms with Crippen LogP contribution in [0.3, 0.4) is 0 Å². The number of hydrogen-bond acceptors (Lipinski definition) is 4. The second kappa shape index (κ2) is 9.52. The average molecular weight is 461 g/mol. The first-order valence-electron chi connectivity index (χ1n) is 11.0. The number of benzene rings is 2. The summed E-state index contributed by atoms with van der Waals surface area (Å²) in [7, 11) is 0. The highest BCUT2D eigenvalue weighted by molar-refractivity contribution is 8.00. The summed E-state index contributed by atoms with van der Waals surface area (Å²) in [5.41, 5.74) is 2.98. The van der Waals surface area contributed by atoms with Gasteiger partial charge in [-0.15, -0.1) is 23.1 Å². The van der Waals surface area contributed by atoms with Gasteiger partial charge in [0.25, 0.3) is 0 Å². The first-order chi connectivity index (χ1) is 15.4. The number of rotatable bonds is 5. The van der Waals surface area contributed by atoms with Crippen LogP contribution in [0, 0.1) is 22.7 Å². The zero-order chi connectivity index (χ0) is 22.7. The van der Waals surface area contributed by atoms with Crippen LogP contribution in [0.25, 0.3) is 0 Å². The largest absolute Gasteiger partial charge is 0.315 e. The van der Waals surface area contributed by atoms with E-state index in [9.17, 15) is 10.1 Å². The molecule has 1 aliphatic carbocycles. The number of amides is 1. The molecule has 0 saturated carbocycles. The Balaban J connectivity index is 1.61. The number of anilines is 1. The van der Waals surface area contributed by atoms with Gasteiger partial charge in [-0.25, -0.2) is 0 Å². The minimum absolute atomic E-state index is 0.0903. The van der Waals surface area contributed by atoms with Crippen molar-refractivity contribution in [3.8, 4) is 6.07 Å². The third-order valence-corrected chi connectivity index (χ3v) is 8.61. The van der Waals surface area contributed by atoms with Gasteiger partial charge in [0.15, 0.2) is 0 Å². The van der Waals surface area contributed by atoms with Crippen molar-refractivity contribution in [3.63, 3.8) is 0 Å². The summed E-state index contributed by atoms with van der Waals surface area (Å²) in [6.45, 7) is 6.86. The van der Waals surface area contributed by atoms with E-state index in [1.165, 1.54) is 16.6 Å². The van der Waals surface area contributed by atoms with E-state index in [0.717, 1.165) is 35.3 Å². The number of thiophene rings is 1. The molecule has 0 bridgehead atoms. The standard InChI is InChI=1S/C27H28N2OS2/c1-27(2,3)19-14-15-21-22(17-28)26(32-23(21)16-19)29-25(30)24(18-10-6-4-7-11-18)31-20-12-8-5-9-13-20/h4-13,19,24H,14-16H2,1-3H3,(H,29,30)/t19-,24-/m1/s1. The number of thioether (sulfide) groups is 1. The van der Waals surface area contributed by atoms with Crippen molar-refractivity contribution >= 4 is 34.0 Å². The number of fused-ring (bicyclic) bond motifs is 1. The van der Waals surface area contributed by atoms with Gasteiger partial charge in [-0.3, -0.25) is 4.79 Å². The third-order valence-electron chi connectivity index (χ3n) is 6.18. The molecular formula is C27H28N2OS2. The molecule has 3 nitrogen and oxygen atoms in total. The number of nitriles is 1. The normalized spacial score (nSPS) is 16.6. The Labute approximate surface area is 198 Å². The van der Waals surface area contributed by atoms with Crippen LogP contribution in [0.4, 0.5) is 5.00 Å². The molecule has 4 rings (SSSR count). The molecule has 3 aromatic rings. The molecule has 1 heterocycles. The molecule has 2 aromatic carbocycles. The van der Waals surface area contributed by atoms with Gasteiger partial charge in [0, 0.05) is 9.77 Å². The summed E-state index contributed by atoms with van der Waals surface area (Å²) in [5.74, 6) is 0.502. The molecule has 32 heavy (non-hydrogen) atoms. The summed E-state index contributed by atoms with van der Waals surface area (Å²) < 4.78 is 0. The molecular weight excluding hydrogens is 432 g/mol. The van der Waals surface area contributed by atoms with Gasteiger partial charge in [-0.1, -0.05) is 69.3 Å². The van der Waals surface area contributed by atoms with E-state index < -0.39 is 5.25 Å². The molecule has 0 aliphatic heterocycles. The molecule has 2 atom stereocenters. The van der Waals surface area contributed by atoms with E-state index in [2.05, 4.69) is 32.2 Å². The van der Waals surface area contributed by atoms with Gasteiger partial charge in [-0.05, 0) is 53.9 Å². The molecule has 1 aromatic heterocycles. The third kappa shape index (κ3) is 4.92. The Hall–Kier alpha value is -2.55. The number of carbonyl (C=O) groups excluding carboxylic acids is 1.